The summed E-state index contributed by atoms with van der Waals surface area (Å²) in [6.45, 7) is 2.54. The van der Waals surface area contributed by atoms with Gasteiger partial charge in [-0.3, -0.25) is 19.8 Å². The van der Waals surface area contributed by atoms with Crippen molar-refractivity contribution in [1.82, 2.24) is 20.0 Å². The Morgan fingerprint density at radius 2 is 1.95 bits per heavy atom. The lowest BCUT2D eigenvalue weighted by Gasteiger charge is -2.38. The van der Waals surface area contributed by atoms with Gasteiger partial charge in [-0.25, -0.2) is 4.79 Å². The number of benzene rings is 1. The molecule has 0 spiro atoms. The maximum atomic E-state index is 13.3. The number of rotatable bonds is 12. The van der Waals surface area contributed by atoms with E-state index in [1.165, 1.54) is 4.90 Å². The molecule has 1 aliphatic heterocycles. The molecular weight excluding hydrogens is 516 g/mol. The molecule has 1 fully saturated rings. The molecular formula is C25H39ClN6O6. The molecule has 13 heteroatoms. The fraction of sp³-hybridized carbons (Fsp3) is 0.560. The Kier molecular flexibility index (Phi) is 14.0. The molecule has 0 aliphatic carbocycles. The molecule has 38 heavy (non-hydrogen) atoms. The molecule has 0 radical (unpaired) electrons. The minimum atomic E-state index is -1.30. The van der Waals surface area contributed by atoms with Crippen molar-refractivity contribution in [3.05, 3.63) is 35.9 Å². The van der Waals surface area contributed by atoms with Crippen molar-refractivity contribution in [2.75, 3.05) is 33.2 Å². The minimum absolute atomic E-state index is 0. The molecule has 212 valence electrons. The van der Waals surface area contributed by atoms with Gasteiger partial charge in [0.2, 0.25) is 11.8 Å². The zero-order valence-corrected chi connectivity index (χ0v) is 22.7. The third-order valence-electron chi connectivity index (χ3n) is 6.28. The minimum Gasteiger partial charge on any atom is -0.480 e. The summed E-state index contributed by atoms with van der Waals surface area (Å²) in [4.78, 5) is 54.8. The highest BCUT2D eigenvalue weighted by Crippen LogP contribution is 2.16. The molecule has 3 amide bonds. The number of ether oxygens (including phenoxy) is 1. The summed E-state index contributed by atoms with van der Waals surface area (Å²) in [5.41, 5.74) is 6.36. The van der Waals surface area contributed by atoms with Gasteiger partial charge in [0, 0.05) is 32.7 Å². The van der Waals surface area contributed by atoms with Gasteiger partial charge in [-0.2, -0.15) is 0 Å². The Labute approximate surface area is 229 Å². The summed E-state index contributed by atoms with van der Waals surface area (Å²) in [6, 6.07) is 7.46. The number of nitrogens with two attached hydrogens (primary N) is 1. The number of amides is 3. The Morgan fingerprint density at radius 1 is 1.26 bits per heavy atom. The number of unbranched alkanes of at least 4 members (excludes halogenated alkanes) is 1. The molecule has 12 nitrogen and oxygen atoms in total. The number of nitrogens with zero attached hydrogens (tertiary/aromatic N) is 3. The van der Waals surface area contributed by atoms with Gasteiger partial charge in [-0.05, 0) is 24.8 Å². The van der Waals surface area contributed by atoms with E-state index in [4.69, 9.17) is 15.9 Å². The molecule has 1 saturated heterocycles. The van der Waals surface area contributed by atoms with Crippen molar-refractivity contribution in [3.63, 3.8) is 0 Å². The normalized spacial score (nSPS) is 15.4. The Hall–Kier alpha value is -3.54. The van der Waals surface area contributed by atoms with Crippen LogP contribution >= 0.6 is 12.4 Å². The summed E-state index contributed by atoms with van der Waals surface area (Å²) in [6.07, 6.45) is 1.51. The highest BCUT2D eigenvalue weighted by molar-refractivity contribution is 5.92. The first kappa shape index (κ1) is 32.5. The summed E-state index contributed by atoms with van der Waals surface area (Å²) in [7, 11) is 1.61. The number of carboxylic acids is 1. The number of carbonyl (C=O) groups is 4. The zero-order chi connectivity index (χ0) is 27.4. The number of piperidine rings is 1. The molecule has 2 rings (SSSR count). The van der Waals surface area contributed by atoms with Crippen LogP contribution in [0.1, 0.15) is 44.6 Å². The predicted molar refractivity (Wildman–Crippen MR) is 144 cm³/mol. The van der Waals surface area contributed by atoms with Crippen molar-refractivity contribution in [2.24, 2.45) is 5.73 Å². The molecule has 0 bridgehead atoms. The second-order valence-electron chi connectivity index (χ2n) is 9.10. The highest BCUT2D eigenvalue weighted by atomic mass is 35.5. The van der Waals surface area contributed by atoms with E-state index in [1.54, 1.807) is 36.2 Å². The van der Waals surface area contributed by atoms with Crippen LogP contribution in [-0.2, 0) is 25.7 Å². The second-order valence-corrected chi connectivity index (χ2v) is 9.10. The lowest BCUT2D eigenvalue weighted by Crippen LogP contribution is -2.55. The number of carboxylic acid groups (broad SMARTS) is 1. The Balaban J connectivity index is 0.00000722. The SMILES string of the molecule is CCCCN(CC(=O)O)C(=O)[C@H](CC(=O)N(C)[C@H]1CCCN(C(=N)N)C1)NC(=O)OCc1ccccc1.Cl. The van der Waals surface area contributed by atoms with E-state index in [0.717, 1.165) is 23.3 Å². The number of hydrogen-bond donors (Lipinski definition) is 4. The van der Waals surface area contributed by atoms with Gasteiger partial charge in [0.15, 0.2) is 5.96 Å². The van der Waals surface area contributed by atoms with Gasteiger partial charge in [-0.1, -0.05) is 43.7 Å². The average Bonchev–Trinajstić information content (AvgIpc) is 2.89. The third-order valence-corrected chi connectivity index (χ3v) is 6.28. The molecule has 0 unspecified atom stereocenters. The van der Waals surface area contributed by atoms with Crippen LogP contribution in [0.25, 0.3) is 0 Å². The second kappa shape index (κ2) is 16.3. The van der Waals surface area contributed by atoms with Gasteiger partial charge < -0.3 is 35.6 Å². The van der Waals surface area contributed by atoms with Crippen LogP contribution in [-0.4, -0.2) is 95.0 Å². The highest BCUT2D eigenvalue weighted by Gasteiger charge is 2.33. The van der Waals surface area contributed by atoms with Gasteiger partial charge in [0.05, 0.1) is 6.42 Å². The standard InChI is InChI=1S/C25H38N6O6.ClH/c1-3-4-12-30(16-22(33)34)23(35)20(28-25(36)37-17-18-9-6-5-7-10-18)14-21(32)29(2)19-11-8-13-31(15-19)24(26)27;/h5-7,9-10,19-20H,3-4,8,11-17H2,1-2H3,(H3,26,27)(H,28,36)(H,33,34);1H/t19-,20-;/m0./s1. The van der Waals surface area contributed by atoms with E-state index >= 15 is 0 Å². The number of carbonyl (C=O) groups excluding carboxylic acids is 3. The van der Waals surface area contributed by atoms with E-state index in [0.29, 0.717) is 25.9 Å². The first-order chi connectivity index (χ1) is 17.6. The third kappa shape index (κ3) is 10.4. The summed E-state index contributed by atoms with van der Waals surface area (Å²) in [5.74, 6) is -2.32. The van der Waals surface area contributed by atoms with E-state index < -0.39 is 36.5 Å². The number of guanidine groups is 1. The van der Waals surface area contributed by atoms with Crippen LogP contribution in [0.3, 0.4) is 0 Å². The molecule has 1 heterocycles. The maximum absolute atomic E-state index is 13.3. The van der Waals surface area contributed by atoms with Crippen LogP contribution < -0.4 is 11.1 Å². The molecule has 1 aliphatic rings. The molecule has 0 aromatic heterocycles. The van der Waals surface area contributed by atoms with Gasteiger partial charge in [0.25, 0.3) is 0 Å². The van der Waals surface area contributed by atoms with Gasteiger partial charge in [-0.15, -0.1) is 12.4 Å². The molecule has 0 saturated carbocycles. The van der Waals surface area contributed by atoms with E-state index in [2.05, 4.69) is 5.32 Å². The number of nitrogens with one attached hydrogen (secondary N) is 2. The van der Waals surface area contributed by atoms with Crippen LogP contribution in [0.4, 0.5) is 4.79 Å². The van der Waals surface area contributed by atoms with Crippen LogP contribution in [0.15, 0.2) is 30.3 Å². The van der Waals surface area contributed by atoms with Crippen molar-refractivity contribution < 1.29 is 29.0 Å². The first-order valence-corrected chi connectivity index (χ1v) is 12.4. The van der Waals surface area contributed by atoms with Gasteiger partial charge in [0.1, 0.15) is 19.2 Å². The van der Waals surface area contributed by atoms with Crippen molar-refractivity contribution in [1.29, 1.82) is 5.41 Å². The lowest BCUT2D eigenvalue weighted by molar-refractivity contribution is -0.146. The quantitative estimate of drug-likeness (QED) is 0.223. The molecule has 1 aromatic rings. The van der Waals surface area contributed by atoms with Gasteiger partial charge >= 0.3 is 12.1 Å². The number of hydrogen-bond acceptors (Lipinski definition) is 6. The van der Waals surface area contributed by atoms with E-state index in [1.807, 2.05) is 13.0 Å². The lowest BCUT2D eigenvalue weighted by atomic mass is 10.0. The van der Waals surface area contributed by atoms with Crippen LogP contribution in [0.5, 0.6) is 0 Å². The number of likely N-dealkylation sites (N-methyl/N-ethyl adjacent to an activating group) is 1. The topological polar surface area (TPSA) is 169 Å². The number of likely N-dealkylation sites (tertiary alicyclic amines) is 1. The van der Waals surface area contributed by atoms with Crippen molar-refractivity contribution in [2.45, 2.75) is 57.7 Å². The zero-order valence-electron chi connectivity index (χ0n) is 21.9. The fourth-order valence-electron chi connectivity index (χ4n) is 4.12. The van der Waals surface area contributed by atoms with Crippen molar-refractivity contribution in [3.8, 4) is 0 Å². The van der Waals surface area contributed by atoms with Crippen molar-refractivity contribution >= 4 is 42.2 Å². The number of halogens is 1. The largest absolute Gasteiger partial charge is 0.480 e. The monoisotopic (exact) mass is 554 g/mol. The Morgan fingerprint density at radius 3 is 2.55 bits per heavy atom. The average molecular weight is 555 g/mol. The van der Waals surface area contributed by atoms with Crippen LogP contribution in [0.2, 0.25) is 0 Å². The predicted octanol–water partition coefficient (Wildman–Crippen LogP) is 1.62. The fourth-order valence-corrected chi connectivity index (χ4v) is 4.12. The number of aliphatic carboxylic acids is 1. The summed E-state index contributed by atoms with van der Waals surface area (Å²) < 4.78 is 5.24. The first-order valence-electron chi connectivity index (χ1n) is 12.4. The molecule has 5 N–H and O–H groups in total. The number of alkyl carbamates (subject to hydrolysis) is 1. The summed E-state index contributed by atoms with van der Waals surface area (Å²) >= 11 is 0. The molecule has 1 aromatic carbocycles. The van der Waals surface area contributed by atoms with E-state index in [9.17, 15) is 24.3 Å². The Bertz CT molecular complexity index is 950. The maximum Gasteiger partial charge on any atom is 0.408 e. The smallest absolute Gasteiger partial charge is 0.408 e. The van der Waals surface area contributed by atoms with Crippen LogP contribution in [0, 0.1) is 5.41 Å². The molecule has 2 atom stereocenters. The van der Waals surface area contributed by atoms with E-state index in [-0.39, 0.29) is 44.0 Å². The summed E-state index contributed by atoms with van der Waals surface area (Å²) in [5, 5.41) is 19.5.